The van der Waals surface area contributed by atoms with E-state index in [4.69, 9.17) is 15.7 Å². The quantitative estimate of drug-likeness (QED) is 0.381. The molecule has 2 rings (SSSR count). The number of hydrogen-bond donors (Lipinski definition) is 2. The van der Waals surface area contributed by atoms with Gasteiger partial charge in [0.15, 0.2) is 5.84 Å². The molecule has 0 spiro atoms. The number of pyridine rings is 1. The van der Waals surface area contributed by atoms with E-state index in [9.17, 15) is 4.39 Å². The Morgan fingerprint density at radius 1 is 1.37 bits per heavy atom. The van der Waals surface area contributed by atoms with Gasteiger partial charge in [-0.2, -0.15) is 0 Å². The van der Waals surface area contributed by atoms with Crippen molar-refractivity contribution in [2.45, 2.75) is 6.61 Å². The van der Waals surface area contributed by atoms with Crippen LogP contribution in [0.25, 0.3) is 0 Å². The molecule has 0 radical (unpaired) electrons. The normalized spacial score (nSPS) is 11.3. The van der Waals surface area contributed by atoms with Crippen molar-refractivity contribution in [3.05, 3.63) is 59.7 Å². The molecule has 0 fully saturated rings. The molecule has 3 N–H and O–H groups in total. The maximum Gasteiger partial charge on any atom is 0.173 e. The van der Waals surface area contributed by atoms with Gasteiger partial charge in [-0.3, -0.25) is 4.98 Å². The molecule has 0 saturated heterocycles. The molecule has 1 heterocycles. The zero-order chi connectivity index (χ0) is 13.7. The minimum absolute atomic E-state index is 0.0482. The second kappa shape index (κ2) is 5.81. The third-order valence-electron chi connectivity index (χ3n) is 2.43. The van der Waals surface area contributed by atoms with Crippen LogP contribution in [-0.4, -0.2) is 16.0 Å². The van der Waals surface area contributed by atoms with E-state index in [0.717, 1.165) is 6.20 Å². The summed E-state index contributed by atoms with van der Waals surface area (Å²) in [4.78, 5) is 3.73. The van der Waals surface area contributed by atoms with Gasteiger partial charge in [0, 0.05) is 11.8 Å². The Kier molecular flexibility index (Phi) is 3.92. The second-order valence-electron chi connectivity index (χ2n) is 3.78. The van der Waals surface area contributed by atoms with Crippen molar-refractivity contribution in [1.82, 2.24) is 4.98 Å². The van der Waals surface area contributed by atoms with Crippen LogP contribution in [0.1, 0.15) is 11.1 Å². The lowest BCUT2D eigenvalue weighted by Gasteiger charge is -2.10. The molecule has 5 nitrogen and oxygen atoms in total. The fourth-order valence-corrected chi connectivity index (χ4v) is 1.55. The van der Waals surface area contributed by atoms with Crippen LogP contribution in [0.4, 0.5) is 4.39 Å². The van der Waals surface area contributed by atoms with Crippen molar-refractivity contribution in [3.8, 4) is 5.75 Å². The molecule has 0 amide bonds. The molecular weight excluding hydrogens is 249 g/mol. The zero-order valence-corrected chi connectivity index (χ0v) is 9.95. The van der Waals surface area contributed by atoms with Crippen molar-refractivity contribution in [2.75, 3.05) is 0 Å². The Balaban J connectivity index is 2.16. The van der Waals surface area contributed by atoms with E-state index in [1.165, 1.54) is 12.3 Å². The molecule has 19 heavy (non-hydrogen) atoms. The van der Waals surface area contributed by atoms with Crippen LogP contribution in [-0.2, 0) is 6.61 Å². The third-order valence-corrected chi connectivity index (χ3v) is 2.43. The highest BCUT2D eigenvalue weighted by Crippen LogP contribution is 2.19. The van der Waals surface area contributed by atoms with Crippen LogP contribution in [0.5, 0.6) is 5.75 Å². The van der Waals surface area contributed by atoms with Gasteiger partial charge in [0.1, 0.15) is 18.2 Å². The topological polar surface area (TPSA) is 80.7 Å². The van der Waals surface area contributed by atoms with Crippen LogP contribution in [0.3, 0.4) is 0 Å². The minimum atomic E-state index is -0.425. The first-order chi connectivity index (χ1) is 9.20. The van der Waals surface area contributed by atoms with Gasteiger partial charge < -0.3 is 15.7 Å². The zero-order valence-electron chi connectivity index (χ0n) is 9.95. The Morgan fingerprint density at radius 2 is 2.16 bits per heavy atom. The summed E-state index contributed by atoms with van der Waals surface area (Å²) in [6, 6.07) is 8.17. The molecule has 0 atom stereocenters. The highest BCUT2D eigenvalue weighted by molar-refractivity contribution is 5.99. The Morgan fingerprint density at radius 3 is 2.89 bits per heavy atom. The number of aromatic nitrogens is 1. The fourth-order valence-electron chi connectivity index (χ4n) is 1.55. The predicted molar refractivity (Wildman–Crippen MR) is 67.5 cm³/mol. The smallest absolute Gasteiger partial charge is 0.173 e. The molecule has 0 saturated carbocycles. The van der Waals surface area contributed by atoms with Crippen LogP contribution in [0.15, 0.2) is 47.9 Å². The number of para-hydroxylation sites is 1. The van der Waals surface area contributed by atoms with Crippen LogP contribution in [0.2, 0.25) is 0 Å². The fraction of sp³-hybridized carbons (Fsp3) is 0.0769. The molecule has 0 unspecified atom stereocenters. The first-order valence-corrected chi connectivity index (χ1v) is 5.50. The molecule has 2 aromatic rings. The lowest BCUT2D eigenvalue weighted by atomic mass is 10.2. The van der Waals surface area contributed by atoms with Crippen molar-refractivity contribution in [2.24, 2.45) is 10.9 Å². The van der Waals surface area contributed by atoms with Gasteiger partial charge in [0.2, 0.25) is 0 Å². The van der Waals surface area contributed by atoms with Crippen molar-refractivity contribution < 1.29 is 14.3 Å². The number of benzene rings is 1. The Labute approximate surface area is 109 Å². The van der Waals surface area contributed by atoms with Gasteiger partial charge in [-0.15, -0.1) is 0 Å². The second-order valence-corrected chi connectivity index (χ2v) is 3.78. The standard InChI is InChI=1S/C13H12FN3O2/c14-10-5-9(6-16-7-10)8-19-12-4-2-1-3-11(12)13(15)17-18/h1-7,18H,8H2,(H2,15,17). The number of nitrogens with two attached hydrogens (primary N) is 1. The molecule has 98 valence electrons. The summed E-state index contributed by atoms with van der Waals surface area (Å²) < 4.78 is 18.5. The van der Waals surface area contributed by atoms with E-state index in [0.29, 0.717) is 16.9 Å². The first-order valence-electron chi connectivity index (χ1n) is 5.50. The van der Waals surface area contributed by atoms with E-state index >= 15 is 0 Å². The SMILES string of the molecule is N/C(=N/O)c1ccccc1OCc1cncc(F)c1. The van der Waals surface area contributed by atoms with Crippen LogP contribution >= 0.6 is 0 Å². The lowest BCUT2D eigenvalue weighted by molar-refractivity contribution is 0.302. The summed E-state index contributed by atoms with van der Waals surface area (Å²) in [6.07, 6.45) is 2.63. The summed E-state index contributed by atoms with van der Waals surface area (Å²) in [5, 5.41) is 11.6. The average Bonchev–Trinajstić information content (AvgIpc) is 2.45. The average molecular weight is 261 g/mol. The number of hydrogen-bond acceptors (Lipinski definition) is 4. The number of amidine groups is 1. The number of oxime groups is 1. The monoisotopic (exact) mass is 261 g/mol. The van der Waals surface area contributed by atoms with E-state index in [-0.39, 0.29) is 12.4 Å². The third kappa shape index (κ3) is 3.19. The van der Waals surface area contributed by atoms with Gasteiger partial charge in [-0.1, -0.05) is 17.3 Å². The van der Waals surface area contributed by atoms with Crippen LogP contribution in [0, 0.1) is 5.82 Å². The molecule has 0 bridgehead atoms. The van der Waals surface area contributed by atoms with Crippen LogP contribution < -0.4 is 10.5 Å². The number of halogens is 1. The Hall–Kier alpha value is -2.63. The highest BCUT2D eigenvalue weighted by Gasteiger charge is 2.07. The van der Waals surface area contributed by atoms with E-state index in [1.54, 1.807) is 24.3 Å². The summed E-state index contributed by atoms with van der Waals surface area (Å²) in [7, 11) is 0. The largest absolute Gasteiger partial charge is 0.488 e. The number of nitrogens with zero attached hydrogens (tertiary/aromatic N) is 2. The molecule has 0 aliphatic rings. The van der Waals surface area contributed by atoms with Gasteiger partial charge in [0.25, 0.3) is 0 Å². The summed E-state index contributed by atoms with van der Waals surface area (Å²) in [5.41, 5.74) is 6.59. The van der Waals surface area contributed by atoms with Gasteiger partial charge >= 0.3 is 0 Å². The van der Waals surface area contributed by atoms with E-state index in [2.05, 4.69) is 10.1 Å². The molecule has 0 aliphatic heterocycles. The van der Waals surface area contributed by atoms with E-state index in [1.807, 2.05) is 0 Å². The molecule has 6 heteroatoms. The summed E-state index contributed by atoms with van der Waals surface area (Å²) >= 11 is 0. The summed E-state index contributed by atoms with van der Waals surface area (Å²) in [6.45, 7) is 0.139. The maximum absolute atomic E-state index is 13.0. The highest BCUT2D eigenvalue weighted by atomic mass is 19.1. The molecular formula is C13H12FN3O2. The first kappa shape index (κ1) is 12.8. The van der Waals surface area contributed by atoms with Gasteiger partial charge in [-0.05, 0) is 18.2 Å². The molecule has 0 aliphatic carbocycles. The predicted octanol–water partition coefficient (Wildman–Crippen LogP) is 1.89. The van der Waals surface area contributed by atoms with Crippen molar-refractivity contribution >= 4 is 5.84 Å². The number of rotatable bonds is 4. The van der Waals surface area contributed by atoms with E-state index < -0.39 is 5.82 Å². The minimum Gasteiger partial charge on any atom is -0.488 e. The van der Waals surface area contributed by atoms with Gasteiger partial charge in [-0.25, -0.2) is 4.39 Å². The van der Waals surface area contributed by atoms with Gasteiger partial charge in [0.05, 0.1) is 11.8 Å². The van der Waals surface area contributed by atoms with Crippen molar-refractivity contribution in [3.63, 3.8) is 0 Å². The van der Waals surface area contributed by atoms with Crippen molar-refractivity contribution in [1.29, 1.82) is 0 Å². The Bertz CT molecular complexity index is 602. The maximum atomic E-state index is 13.0. The number of ether oxygens (including phenoxy) is 1. The molecule has 1 aromatic heterocycles. The molecule has 1 aromatic carbocycles. The lowest BCUT2D eigenvalue weighted by Crippen LogP contribution is -2.14. The summed E-state index contributed by atoms with van der Waals surface area (Å²) in [5.74, 6) is -0.0270.